The molecule has 0 spiro atoms. The first-order valence-corrected chi connectivity index (χ1v) is 10.2. The van der Waals surface area contributed by atoms with E-state index < -0.39 is 10.0 Å². The fourth-order valence-electron chi connectivity index (χ4n) is 2.38. The molecule has 2 rings (SSSR count). The first-order chi connectivity index (χ1) is 12.8. The fourth-order valence-corrected chi connectivity index (χ4v) is 3.63. The maximum atomic E-state index is 12.1. The molecule has 1 amide bonds. The number of carbonyl (C=O) groups is 1. The normalized spacial score (nSPS) is 11.8. The molecule has 27 heavy (non-hydrogen) atoms. The van der Waals surface area contributed by atoms with Crippen molar-refractivity contribution < 1.29 is 13.2 Å². The molecule has 0 fully saturated rings. The molecule has 6 nitrogen and oxygen atoms in total. The van der Waals surface area contributed by atoms with E-state index >= 15 is 0 Å². The fraction of sp³-hybridized carbons (Fsp3) is 0.250. The second-order valence-electron chi connectivity index (χ2n) is 6.46. The third-order valence-electron chi connectivity index (χ3n) is 3.70. The van der Waals surface area contributed by atoms with Gasteiger partial charge in [0.1, 0.15) is 0 Å². The maximum absolute atomic E-state index is 12.1. The highest BCUT2D eigenvalue weighted by molar-refractivity contribution is 7.89. The van der Waals surface area contributed by atoms with E-state index in [1.807, 2.05) is 24.3 Å². The van der Waals surface area contributed by atoms with Crippen LogP contribution in [0, 0.1) is 0 Å². The van der Waals surface area contributed by atoms with Crippen molar-refractivity contribution in [3.8, 4) is 0 Å². The molecule has 0 unspecified atom stereocenters. The number of nitrogen functional groups attached to an aromatic ring is 1. The summed E-state index contributed by atoms with van der Waals surface area (Å²) < 4.78 is 26.7. The first-order valence-electron chi connectivity index (χ1n) is 8.69. The monoisotopic (exact) mass is 387 g/mol. The Morgan fingerprint density at radius 1 is 1.07 bits per heavy atom. The quantitative estimate of drug-likeness (QED) is 0.478. The lowest BCUT2D eigenvalue weighted by Gasteiger charge is -2.09. The van der Waals surface area contributed by atoms with Gasteiger partial charge in [-0.05, 0) is 61.7 Å². The predicted molar refractivity (Wildman–Crippen MR) is 109 cm³/mol. The lowest BCUT2D eigenvalue weighted by Crippen LogP contribution is -2.30. The Hall–Kier alpha value is -2.64. The highest BCUT2D eigenvalue weighted by Gasteiger charge is 2.14. The van der Waals surface area contributed by atoms with Crippen LogP contribution in [0.5, 0.6) is 0 Å². The lowest BCUT2D eigenvalue weighted by atomic mass is 10.1. The van der Waals surface area contributed by atoms with Gasteiger partial charge in [0.2, 0.25) is 15.9 Å². The minimum absolute atomic E-state index is 0.175. The van der Waals surface area contributed by atoms with Gasteiger partial charge in [-0.25, -0.2) is 13.1 Å². The van der Waals surface area contributed by atoms with Gasteiger partial charge in [0.15, 0.2) is 0 Å². The van der Waals surface area contributed by atoms with E-state index in [2.05, 4.69) is 10.0 Å². The Morgan fingerprint density at radius 2 is 1.70 bits per heavy atom. The van der Waals surface area contributed by atoms with Crippen LogP contribution in [0.3, 0.4) is 0 Å². The summed E-state index contributed by atoms with van der Waals surface area (Å²) in [5, 5.41) is 2.81. The first kappa shape index (κ1) is 20.7. The molecule has 0 saturated carbocycles. The zero-order valence-electron chi connectivity index (χ0n) is 15.5. The second kappa shape index (κ2) is 9.34. The third-order valence-corrected chi connectivity index (χ3v) is 5.38. The molecule has 0 aromatic heterocycles. The summed E-state index contributed by atoms with van der Waals surface area (Å²) in [6.45, 7) is 4.05. The maximum Gasteiger partial charge on any atom is 0.244 e. The molecule has 2 aromatic carbocycles. The summed E-state index contributed by atoms with van der Waals surface area (Å²) >= 11 is 0. The number of carbonyl (C=O) groups excluding carboxylic acids is 1. The van der Waals surface area contributed by atoms with Crippen molar-refractivity contribution in [1.29, 1.82) is 0 Å². The number of sulfonamides is 1. The van der Waals surface area contributed by atoms with E-state index in [1.54, 1.807) is 32.1 Å². The van der Waals surface area contributed by atoms with Crippen LogP contribution in [-0.4, -0.2) is 26.9 Å². The van der Waals surface area contributed by atoms with Crippen LogP contribution in [0.4, 0.5) is 5.69 Å². The zero-order valence-corrected chi connectivity index (χ0v) is 16.3. The Morgan fingerprint density at radius 3 is 2.30 bits per heavy atom. The summed E-state index contributed by atoms with van der Waals surface area (Å²) in [5.41, 5.74) is 8.19. The molecular formula is C20H25N3O3S. The van der Waals surface area contributed by atoms with Crippen molar-refractivity contribution in [2.24, 2.45) is 0 Å². The molecule has 0 aliphatic carbocycles. The standard InChI is InChI=1S/C20H25N3O3S/c1-15(2)23-27(25,26)19-10-5-16(6-11-19)7-12-20(24)22-14-13-17-3-8-18(21)9-4-17/h3-12,15,23H,13-14,21H2,1-2H3,(H,22,24)/b12-7+. The minimum atomic E-state index is -3.51. The van der Waals surface area contributed by atoms with E-state index in [4.69, 9.17) is 5.73 Å². The number of nitrogens with one attached hydrogen (secondary N) is 2. The molecule has 4 N–H and O–H groups in total. The number of hydrogen-bond donors (Lipinski definition) is 3. The van der Waals surface area contributed by atoms with Crippen molar-refractivity contribution >= 4 is 27.7 Å². The second-order valence-corrected chi connectivity index (χ2v) is 8.17. The number of benzene rings is 2. The van der Waals surface area contributed by atoms with Gasteiger partial charge in [-0.15, -0.1) is 0 Å². The Kier molecular flexibility index (Phi) is 7.15. The van der Waals surface area contributed by atoms with E-state index in [9.17, 15) is 13.2 Å². The van der Waals surface area contributed by atoms with Crippen LogP contribution in [0.25, 0.3) is 6.08 Å². The molecule has 0 aliphatic rings. The summed E-state index contributed by atoms with van der Waals surface area (Å²) in [7, 11) is -3.51. The zero-order chi connectivity index (χ0) is 19.9. The van der Waals surface area contributed by atoms with Crippen molar-refractivity contribution in [1.82, 2.24) is 10.0 Å². The SMILES string of the molecule is CC(C)NS(=O)(=O)c1ccc(/C=C/C(=O)NCCc2ccc(N)cc2)cc1. The number of nitrogens with two attached hydrogens (primary N) is 1. The summed E-state index contributed by atoms with van der Waals surface area (Å²) in [5.74, 6) is -0.205. The average Bonchev–Trinajstić information content (AvgIpc) is 2.61. The van der Waals surface area contributed by atoms with Crippen LogP contribution in [0.1, 0.15) is 25.0 Å². The van der Waals surface area contributed by atoms with Crippen LogP contribution in [0.15, 0.2) is 59.5 Å². The third kappa shape index (κ3) is 6.88. The molecule has 0 radical (unpaired) electrons. The van der Waals surface area contributed by atoms with Crippen LogP contribution < -0.4 is 15.8 Å². The molecule has 7 heteroatoms. The van der Waals surface area contributed by atoms with Gasteiger partial charge in [-0.1, -0.05) is 24.3 Å². The van der Waals surface area contributed by atoms with Crippen LogP contribution in [-0.2, 0) is 21.2 Å². The summed E-state index contributed by atoms with van der Waals surface area (Å²) in [6.07, 6.45) is 3.79. The summed E-state index contributed by atoms with van der Waals surface area (Å²) in [6, 6.07) is 13.7. The highest BCUT2D eigenvalue weighted by Crippen LogP contribution is 2.12. The molecule has 0 saturated heterocycles. The molecule has 144 valence electrons. The van der Waals surface area contributed by atoms with Crippen molar-refractivity contribution in [3.63, 3.8) is 0 Å². The number of rotatable bonds is 8. The van der Waals surface area contributed by atoms with Gasteiger partial charge >= 0.3 is 0 Å². The highest BCUT2D eigenvalue weighted by atomic mass is 32.2. The molecule has 0 atom stereocenters. The topological polar surface area (TPSA) is 101 Å². The van der Waals surface area contributed by atoms with Gasteiger partial charge < -0.3 is 11.1 Å². The van der Waals surface area contributed by atoms with Crippen molar-refractivity contribution in [3.05, 3.63) is 65.7 Å². The molecular weight excluding hydrogens is 362 g/mol. The Bertz CT molecular complexity index is 887. The number of anilines is 1. The van der Waals surface area contributed by atoms with Gasteiger partial charge in [0.05, 0.1) is 4.90 Å². The van der Waals surface area contributed by atoms with Crippen molar-refractivity contribution in [2.75, 3.05) is 12.3 Å². The molecule has 0 bridgehead atoms. The number of amides is 1. The molecule has 0 heterocycles. The van der Waals surface area contributed by atoms with Gasteiger partial charge in [0.25, 0.3) is 0 Å². The largest absolute Gasteiger partial charge is 0.399 e. The van der Waals surface area contributed by atoms with Gasteiger partial charge in [-0.2, -0.15) is 0 Å². The van der Waals surface area contributed by atoms with Crippen LogP contribution >= 0.6 is 0 Å². The predicted octanol–water partition coefficient (Wildman–Crippen LogP) is 2.33. The summed E-state index contributed by atoms with van der Waals surface area (Å²) in [4.78, 5) is 12.1. The number of hydrogen-bond acceptors (Lipinski definition) is 4. The van der Waals surface area contributed by atoms with Gasteiger partial charge in [0, 0.05) is 24.4 Å². The van der Waals surface area contributed by atoms with Crippen molar-refractivity contribution in [2.45, 2.75) is 31.2 Å². The minimum Gasteiger partial charge on any atom is -0.399 e. The lowest BCUT2D eigenvalue weighted by molar-refractivity contribution is -0.116. The van der Waals surface area contributed by atoms with Crippen LogP contribution in [0.2, 0.25) is 0 Å². The molecule has 0 aliphatic heterocycles. The van der Waals surface area contributed by atoms with E-state index in [1.165, 1.54) is 18.2 Å². The van der Waals surface area contributed by atoms with Gasteiger partial charge in [-0.3, -0.25) is 4.79 Å². The molecule has 2 aromatic rings. The smallest absolute Gasteiger partial charge is 0.244 e. The van der Waals surface area contributed by atoms with E-state index in [0.717, 1.165) is 17.5 Å². The van der Waals surface area contributed by atoms with E-state index in [-0.39, 0.29) is 16.8 Å². The van der Waals surface area contributed by atoms with E-state index in [0.29, 0.717) is 12.2 Å². The Balaban J connectivity index is 1.86. The average molecular weight is 388 g/mol. The Labute approximate surface area is 160 Å².